The molecule has 0 saturated carbocycles. The number of rotatable bonds is 7. The van der Waals surface area contributed by atoms with Gasteiger partial charge in [-0.1, -0.05) is 12.1 Å². The topological polar surface area (TPSA) is 90.7 Å². The van der Waals surface area contributed by atoms with Crippen molar-refractivity contribution in [3.05, 3.63) is 63.2 Å². The van der Waals surface area contributed by atoms with Gasteiger partial charge >= 0.3 is 0 Å². The standard InChI is InChI=1S/C19H22N2O5/c1-12(2)26-17-9-8-14(10-18(17)25-4)11-20-19(22)15-6-5-7-16(13(15)3)21(23)24/h5-10,12H,11H2,1-4H3,(H,20,22). The normalized spacial score (nSPS) is 10.5. The van der Waals surface area contributed by atoms with Gasteiger partial charge < -0.3 is 14.8 Å². The molecule has 0 bridgehead atoms. The molecule has 0 heterocycles. The van der Waals surface area contributed by atoms with Gasteiger partial charge in [-0.05, 0) is 44.5 Å². The van der Waals surface area contributed by atoms with E-state index in [-0.39, 0.29) is 29.8 Å². The van der Waals surface area contributed by atoms with Crippen molar-refractivity contribution in [2.45, 2.75) is 33.4 Å². The van der Waals surface area contributed by atoms with Crippen LogP contribution in [0.1, 0.15) is 35.3 Å². The number of amides is 1. The number of hydrogen-bond donors (Lipinski definition) is 1. The first-order valence-corrected chi connectivity index (χ1v) is 8.19. The molecule has 0 radical (unpaired) electrons. The zero-order chi connectivity index (χ0) is 19.3. The number of benzene rings is 2. The van der Waals surface area contributed by atoms with Crippen LogP contribution in [0.25, 0.3) is 0 Å². The first kappa shape index (κ1) is 19.2. The second kappa shape index (κ2) is 8.33. The van der Waals surface area contributed by atoms with Crippen molar-refractivity contribution in [2.24, 2.45) is 0 Å². The summed E-state index contributed by atoms with van der Waals surface area (Å²) in [6.07, 6.45) is 0.0197. The molecule has 0 unspecified atom stereocenters. The van der Waals surface area contributed by atoms with Crippen LogP contribution in [0.4, 0.5) is 5.69 Å². The first-order valence-electron chi connectivity index (χ1n) is 8.19. The van der Waals surface area contributed by atoms with Gasteiger partial charge in [0.25, 0.3) is 11.6 Å². The summed E-state index contributed by atoms with van der Waals surface area (Å²) >= 11 is 0. The average molecular weight is 358 g/mol. The molecule has 138 valence electrons. The fraction of sp³-hybridized carbons (Fsp3) is 0.316. The highest BCUT2D eigenvalue weighted by Crippen LogP contribution is 2.29. The summed E-state index contributed by atoms with van der Waals surface area (Å²) in [5, 5.41) is 13.8. The number of nitro groups is 1. The lowest BCUT2D eigenvalue weighted by atomic mass is 10.1. The minimum Gasteiger partial charge on any atom is -0.493 e. The Morgan fingerprint density at radius 1 is 1.23 bits per heavy atom. The fourth-order valence-electron chi connectivity index (χ4n) is 2.52. The van der Waals surface area contributed by atoms with Crippen molar-refractivity contribution in [1.82, 2.24) is 5.32 Å². The highest BCUT2D eigenvalue weighted by atomic mass is 16.6. The molecule has 0 saturated heterocycles. The second-order valence-corrected chi connectivity index (χ2v) is 6.04. The van der Waals surface area contributed by atoms with E-state index >= 15 is 0 Å². The van der Waals surface area contributed by atoms with E-state index in [0.29, 0.717) is 17.1 Å². The van der Waals surface area contributed by atoms with Crippen LogP contribution in [-0.4, -0.2) is 24.0 Å². The van der Waals surface area contributed by atoms with Crippen molar-refractivity contribution >= 4 is 11.6 Å². The second-order valence-electron chi connectivity index (χ2n) is 6.04. The van der Waals surface area contributed by atoms with Gasteiger partial charge in [0.15, 0.2) is 11.5 Å². The maximum atomic E-state index is 12.4. The summed E-state index contributed by atoms with van der Waals surface area (Å²) in [4.78, 5) is 22.9. The molecule has 1 amide bonds. The lowest BCUT2D eigenvalue weighted by Gasteiger charge is -2.15. The smallest absolute Gasteiger partial charge is 0.273 e. The molecule has 0 aliphatic rings. The molecule has 1 N–H and O–H groups in total. The fourth-order valence-corrected chi connectivity index (χ4v) is 2.52. The Hall–Kier alpha value is -3.09. The van der Waals surface area contributed by atoms with Gasteiger partial charge in [-0.2, -0.15) is 0 Å². The maximum Gasteiger partial charge on any atom is 0.273 e. The minimum atomic E-state index is -0.496. The quantitative estimate of drug-likeness (QED) is 0.603. The average Bonchev–Trinajstić information content (AvgIpc) is 2.60. The van der Waals surface area contributed by atoms with Gasteiger partial charge in [0, 0.05) is 23.7 Å². The number of nitrogens with zero attached hydrogens (tertiary/aromatic N) is 1. The van der Waals surface area contributed by atoms with Crippen molar-refractivity contribution in [3.63, 3.8) is 0 Å². The SMILES string of the molecule is COc1cc(CNC(=O)c2cccc([N+](=O)[O-])c2C)ccc1OC(C)C. The summed E-state index contributed by atoms with van der Waals surface area (Å²) in [7, 11) is 1.55. The molecule has 0 atom stereocenters. The summed E-state index contributed by atoms with van der Waals surface area (Å²) in [5.74, 6) is 0.844. The number of carbonyl (C=O) groups is 1. The highest BCUT2D eigenvalue weighted by molar-refractivity contribution is 5.96. The molecule has 0 aromatic heterocycles. The Morgan fingerprint density at radius 2 is 1.96 bits per heavy atom. The summed E-state index contributed by atoms with van der Waals surface area (Å²) in [6.45, 7) is 5.68. The number of hydrogen-bond acceptors (Lipinski definition) is 5. The molecule has 7 nitrogen and oxygen atoms in total. The van der Waals surface area contributed by atoms with Crippen LogP contribution < -0.4 is 14.8 Å². The van der Waals surface area contributed by atoms with E-state index in [9.17, 15) is 14.9 Å². The number of nitrogens with one attached hydrogen (secondary N) is 1. The molecule has 2 aromatic rings. The highest BCUT2D eigenvalue weighted by Gasteiger charge is 2.18. The van der Waals surface area contributed by atoms with Crippen LogP contribution in [0.2, 0.25) is 0 Å². The van der Waals surface area contributed by atoms with E-state index in [1.807, 2.05) is 19.9 Å². The van der Waals surface area contributed by atoms with Gasteiger partial charge in [0.2, 0.25) is 0 Å². The first-order chi connectivity index (χ1) is 12.3. The maximum absolute atomic E-state index is 12.4. The van der Waals surface area contributed by atoms with E-state index in [2.05, 4.69) is 5.32 Å². The molecule has 2 aromatic carbocycles. The number of methoxy groups -OCH3 is 1. The zero-order valence-corrected chi connectivity index (χ0v) is 15.2. The van der Waals surface area contributed by atoms with Crippen molar-refractivity contribution < 1.29 is 19.2 Å². The van der Waals surface area contributed by atoms with E-state index in [0.717, 1.165) is 5.56 Å². The number of carbonyl (C=O) groups excluding carboxylic acids is 1. The van der Waals surface area contributed by atoms with Crippen LogP contribution in [0.5, 0.6) is 11.5 Å². The van der Waals surface area contributed by atoms with Gasteiger partial charge in [-0.15, -0.1) is 0 Å². The Balaban J connectivity index is 2.13. The van der Waals surface area contributed by atoms with Crippen LogP contribution in [0.3, 0.4) is 0 Å². The molecule has 0 aliphatic carbocycles. The predicted octanol–water partition coefficient (Wildman–Crippen LogP) is 3.63. The van der Waals surface area contributed by atoms with Gasteiger partial charge in [-0.25, -0.2) is 0 Å². The minimum absolute atomic E-state index is 0.0197. The van der Waals surface area contributed by atoms with Crippen LogP contribution >= 0.6 is 0 Å². The number of nitro benzene ring substituents is 1. The van der Waals surface area contributed by atoms with Crippen LogP contribution in [-0.2, 0) is 6.54 Å². The van der Waals surface area contributed by atoms with Crippen molar-refractivity contribution in [1.29, 1.82) is 0 Å². The van der Waals surface area contributed by atoms with Crippen LogP contribution in [0, 0.1) is 17.0 Å². The molecule has 0 fully saturated rings. The molecule has 7 heteroatoms. The largest absolute Gasteiger partial charge is 0.493 e. The molecular formula is C19H22N2O5. The third-order valence-corrected chi connectivity index (χ3v) is 3.79. The number of ether oxygens (including phenoxy) is 2. The predicted molar refractivity (Wildman–Crippen MR) is 97.8 cm³/mol. The summed E-state index contributed by atoms with van der Waals surface area (Å²) < 4.78 is 11.0. The monoisotopic (exact) mass is 358 g/mol. The summed E-state index contributed by atoms with van der Waals surface area (Å²) in [6, 6.07) is 9.86. The molecule has 0 spiro atoms. The molecule has 0 aliphatic heterocycles. The Labute approximate surface area is 152 Å². The van der Waals surface area contributed by atoms with Gasteiger partial charge in [-0.3, -0.25) is 14.9 Å². The van der Waals surface area contributed by atoms with E-state index in [4.69, 9.17) is 9.47 Å². The van der Waals surface area contributed by atoms with E-state index in [1.54, 1.807) is 32.2 Å². The van der Waals surface area contributed by atoms with Crippen LogP contribution in [0.15, 0.2) is 36.4 Å². The lowest BCUT2D eigenvalue weighted by Crippen LogP contribution is -2.23. The van der Waals surface area contributed by atoms with Gasteiger partial charge in [0.05, 0.1) is 18.1 Å². The summed E-state index contributed by atoms with van der Waals surface area (Å²) in [5.41, 5.74) is 1.38. The zero-order valence-electron chi connectivity index (χ0n) is 15.2. The Bertz CT molecular complexity index is 818. The third kappa shape index (κ3) is 4.50. The Morgan fingerprint density at radius 3 is 2.58 bits per heavy atom. The van der Waals surface area contributed by atoms with Crippen molar-refractivity contribution in [2.75, 3.05) is 7.11 Å². The van der Waals surface area contributed by atoms with Gasteiger partial charge in [0.1, 0.15) is 0 Å². The van der Waals surface area contributed by atoms with Crippen molar-refractivity contribution in [3.8, 4) is 11.5 Å². The molecule has 2 rings (SSSR count). The third-order valence-electron chi connectivity index (χ3n) is 3.79. The van der Waals surface area contributed by atoms with E-state index in [1.165, 1.54) is 12.1 Å². The molecular weight excluding hydrogens is 336 g/mol. The van der Waals surface area contributed by atoms with E-state index < -0.39 is 4.92 Å². The molecule has 26 heavy (non-hydrogen) atoms. The lowest BCUT2D eigenvalue weighted by molar-refractivity contribution is -0.385. The Kier molecular flexibility index (Phi) is 6.16.